The third kappa shape index (κ3) is 3.06. The van der Waals surface area contributed by atoms with Crippen LogP contribution in [0.4, 0.5) is 4.39 Å². The molecule has 1 N–H and O–H groups in total. The van der Waals surface area contributed by atoms with Gasteiger partial charge in [-0.15, -0.1) is 0 Å². The lowest BCUT2D eigenvalue weighted by atomic mass is 9.99. The fourth-order valence-corrected chi connectivity index (χ4v) is 2.66. The van der Waals surface area contributed by atoms with Gasteiger partial charge in [0.25, 0.3) is 5.43 Å². The zero-order valence-corrected chi connectivity index (χ0v) is 13.7. The Morgan fingerprint density at radius 3 is 2.56 bits per heavy atom. The first-order valence-corrected chi connectivity index (χ1v) is 7.58. The van der Waals surface area contributed by atoms with Crippen molar-refractivity contribution >= 4 is 5.78 Å². The standard InChI is InChI=1S/C19H15FN2O3/c1-11-9-13(20)7-8-14(11)15-5-3-4-6-16(15)22-10-17(24)19(25)18(21-22)12(2)23/h3-10,24H,1-2H3. The van der Waals surface area contributed by atoms with Gasteiger partial charge in [0.15, 0.2) is 17.2 Å². The van der Waals surface area contributed by atoms with Crippen molar-refractivity contribution in [2.24, 2.45) is 0 Å². The summed E-state index contributed by atoms with van der Waals surface area (Å²) in [4.78, 5) is 23.5. The first kappa shape index (κ1) is 16.6. The molecule has 0 bridgehead atoms. The summed E-state index contributed by atoms with van der Waals surface area (Å²) in [7, 11) is 0. The smallest absolute Gasteiger partial charge is 0.252 e. The SMILES string of the molecule is CC(=O)c1nn(-c2ccccc2-c2ccc(F)cc2C)cc(O)c1=O. The molecule has 0 amide bonds. The van der Waals surface area contributed by atoms with Crippen LogP contribution in [0.5, 0.6) is 5.75 Å². The molecule has 126 valence electrons. The topological polar surface area (TPSA) is 72.2 Å². The summed E-state index contributed by atoms with van der Waals surface area (Å²) in [6, 6.07) is 11.6. The van der Waals surface area contributed by atoms with Crippen LogP contribution in [0.2, 0.25) is 0 Å². The molecule has 0 fully saturated rings. The molecule has 0 atom stereocenters. The second-order valence-corrected chi connectivity index (χ2v) is 5.67. The van der Waals surface area contributed by atoms with Crippen molar-refractivity contribution in [3.63, 3.8) is 0 Å². The van der Waals surface area contributed by atoms with E-state index in [-0.39, 0.29) is 11.5 Å². The molecule has 1 heterocycles. The number of benzene rings is 2. The third-order valence-electron chi connectivity index (χ3n) is 3.86. The zero-order valence-electron chi connectivity index (χ0n) is 13.7. The number of rotatable bonds is 3. The highest BCUT2D eigenvalue weighted by Gasteiger charge is 2.16. The van der Waals surface area contributed by atoms with Gasteiger partial charge in [0.2, 0.25) is 0 Å². The van der Waals surface area contributed by atoms with Gasteiger partial charge in [-0.1, -0.05) is 24.3 Å². The Bertz CT molecular complexity index is 1040. The van der Waals surface area contributed by atoms with E-state index in [4.69, 9.17) is 0 Å². The molecule has 25 heavy (non-hydrogen) atoms. The number of carbonyl (C=O) groups is 1. The van der Waals surface area contributed by atoms with Crippen LogP contribution in [0, 0.1) is 12.7 Å². The number of hydrogen-bond donors (Lipinski definition) is 1. The highest BCUT2D eigenvalue weighted by Crippen LogP contribution is 2.29. The lowest BCUT2D eigenvalue weighted by Gasteiger charge is -2.14. The molecule has 2 aromatic carbocycles. The summed E-state index contributed by atoms with van der Waals surface area (Å²) in [6.45, 7) is 3.00. The van der Waals surface area contributed by atoms with Crippen molar-refractivity contribution in [1.82, 2.24) is 9.78 Å². The summed E-state index contributed by atoms with van der Waals surface area (Å²) in [5, 5.41) is 13.9. The number of carbonyl (C=O) groups excluding carboxylic acids is 1. The molecule has 0 saturated heterocycles. The minimum atomic E-state index is -0.806. The molecule has 0 aliphatic heterocycles. The van der Waals surface area contributed by atoms with E-state index in [0.717, 1.165) is 22.9 Å². The number of Topliss-reactive ketones (excluding diaryl/α,β-unsaturated/α-hetero) is 1. The van der Waals surface area contributed by atoms with Crippen molar-refractivity contribution in [3.8, 4) is 22.6 Å². The van der Waals surface area contributed by atoms with Gasteiger partial charge in [-0.3, -0.25) is 9.59 Å². The number of aromatic hydroxyl groups is 1. The van der Waals surface area contributed by atoms with E-state index in [1.165, 1.54) is 23.7 Å². The van der Waals surface area contributed by atoms with Crippen LogP contribution in [-0.4, -0.2) is 20.7 Å². The van der Waals surface area contributed by atoms with E-state index in [9.17, 15) is 19.1 Å². The Labute approximate surface area is 143 Å². The van der Waals surface area contributed by atoms with E-state index in [2.05, 4.69) is 5.10 Å². The second kappa shape index (κ2) is 6.32. The Morgan fingerprint density at radius 1 is 1.16 bits per heavy atom. The van der Waals surface area contributed by atoms with Crippen LogP contribution in [0.3, 0.4) is 0 Å². The van der Waals surface area contributed by atoms with E-state index >= 15 is 0 Å². The number of nitrogens with zero attached hydrogens (tertiary/aromatic N) is 2. The van der Waals surface area contributed by atoms with Gasteiger partial charge in [-0.05, 0) is 36.2 Å². The van der Waals surface area contributed by atoms with Crippen LogP contribution < -0.4 is 5.43 Å². The first-order valence-electron chi connectivity index (χ1n) is 7.58. The fourth-order valence-electron chi connectivity index (χ4n) is 2.66. The second-order valence-electron chi connectivity index (χ2n) is 5.67. The molecule has 6 heteroatoms. The normalized spacial score (nSPS) is 10.7. The minimum Gasteiger partial charge on any atom is -0.503 e. The lowest BCUT2D eigenvalue weighted by Crippen LogP contribution is -2.20. The number of aromatic nitrogens is 2. The molecule has 1 aromatic heterocycles. The zero-order chi connectivity index (χ0) is 18.1. The number of hydrogen-bond acceptors (Lipinski definition) is 4. The van der Waals surface area contributed by atoms with Crippen LogP contribution in [-0.2, 0) is 0 Å². The van der Waals surface area contributed by atoms with Crippen molar-refractivity contribution < 1.29 is 14.3 Å². The van der Waals surface area contributed by atoms with E-state index in [1.54, 1.807) is 25.1 Å². The highest BCUT2D eigenvalue weighted by molar-refractivity contribution is 5.92. The van der Waals surface area contributed by atoms with Gasteiger partial charge in [0.1, 0.15) is 5.82 Å². The predicted molar refractivity (Wildman–Crippen MR) is 91.6 cm³/mol. The maximum atomic E-state index is 13.4. The average Bonchev–Trinajstić information content (AvgIpc) is 2.57. The van der Waals surface area contributed by atoms with Crippen LogP contribution in [0.15, 0.2) is 53.5 Å². The average molecular weight is 338 g/mol. The largest absolute Gasteiger partial charge is 0.503 e. The van der Waals surface area contributed by atoms with Crippen LogP contribution >= 0.6 is 0 Å². The molecule has 3 rings (SSSR count). The summed E-state index contributed by atoms with van der Waals surface area (Å²) in [5.41, 5.74) is 1.63. The third-order valence-corrected chi connectivity index (χ3v) is 3.86. The van der Waals surface area contributed by atoms with E-state index in [0.29, 0.717) is 5.69 Å². The number of halogens is 1. The van der Waals surface area contributed by atoms with Gasteiger partial charge in [0, 0.05) is 12.5 Å². The molecule has 5 nitrogen and oxygen atoms in total. The maximum absolute atomic E-state index is 13.4. The Balaban J connectivity index is 2.27. The van der Waals surface area contributed by atoms with Crippen molar-refractivity contribution in [2.45, 2.75) is 13.8 Å². The molecule has 0 saturated carbocycles. The van der Waals surface area contributed by atoms with Gasteiger partial charge in [0.05, 0.1) is 11.9 Å². The molecule has 0 spiro atoms. The molecule has 3 aromatic rings. The van der Waals surface area contributed by atoms with Crippen LogP contribution in [0.1, 0.15) is 23.0 Å². The predicted octanol–water partition coefficient (Wildman–Crippen LogP) is 3.26. The maximum Gasteiger partial charge on any atom is 0.252 e. The summed E-state index contributed by atoms with van der Waals surface area (Å²) >= 11 is 0. The molecule has 0 aliphatic rings. The molecular formula is C19H15FN2O3. The lowest BCUT2D eigenvalue weighted by molar-refractivity contribution is 0.100. The minimum absolute atomic E-state index is 0.336. The monoisotopic (exact) mass is 338 g/mol. The van der Waals surface area contributed by atoms with Crippen molar-refractivity contribution in [1.29, 1.82) is 0 Å². The summed E-state index contributed by atoms with van der Waals surface area (Å²) < 4.78 is 14.7. The molecule has 0 aliphatic carbocycles. The Kier molecular flexibility index (Phi) is 4.19. The van der Waals surface area contributed by atoms with Gasteiger partial charge in [-0.25, -0.2) is 9.07 Å². The molecular weight excluding hydrogens is 323 g/mol. The summed E-state index contributed by atoms with van der Waals surface area (Å²) in [6.07, 6.45) is 1.16. The van der Waals surface area contributed by atoms with E-state index in [1.807, 2.05) is 12.1 Å². The van der Waals surface area contributed by atoms with Crippen molar-refractivity contribution in [2.75, 3.05) is 0 Å². The Hall–Kier alpha value is -3.28. The molecule has 0 unspecified atom stereocenters. The number of para-hydroxylation sites is 1. The van der Waals surface area contributed by atoms with Gasteiger partial charge >= 0.3 is 0 Å². The number of aryl methyl sites for hydroxylation is 1. The Morgan fingerprint density at radius 2 is 1.88 bits per heavy atom. The number of ketones is 1. The van der Waals surface area contributed by atoms with Crippen LogP contribution in [0.25, 0.3) is 16.8 Å². The fraction of sp³-hybridized carbons (Fsp3) is 0.105. The summed E-state index contributed by atoms with van der Waals surface area (Å²) in [5.74, 6) is -1.44. The first-order chi connectivity index (χ1) is 11.9. The highest BCUT2D eigenvalue weighted by atomic mass is 19.1. The van der Waals surface area contributed by atoms with Crippen molar-refractivity contribution in [3.05, 3.63) is 76.0 Å². The van der Waals surface area contributed by atoms with Gasteiger partial charge < -0.3 is 5.11 Å². The van der Waals surface area contributed by atoms with Gasteiger partial charge in [-0.2, -0.15) is 5.10 Å². The quantitative estimate of drug-likeness (QED) is 0.744. The molecule has 0 radical (unpaired) electrons. The van der Waals surface area contributed by atoms with E-state index < -0.39 is 17.0 Å².